The smallest absolute Gasteiger partial charge is 0.162 e. The number of hydrogen-bond acceptors (Lipinski definition) is 4. The molecule has 0 aliphatic carbocycles. The van der Waals surface area contributed by atoms with Crippen molar-refractivity contribution in [2.75, 3.05) is 40.4 Å². The fraction of sp³-hybridized carbons (Fsp3) is 0.625. The molecule has 0 bridgehead atoms. The normalized spacial score (nSPS) is 11.0. The fourth-order valence-electron chi connectivity index (χ4n) is 1.83. The summed E-state index contributed by atoms with van der Waals surface area (Å²) in [4.78, 5) is 2.16. The number of nitrogens with zero attached hydrogens (tertiary/aromatic N) is 1. The van der Waals surface area contributed by atoms with E-state index in [0.717, 1.165) is 42.0 Å². The quantitative estimate of drug-likeness (QED) is 0.650. The maximum absolute atomic E-state index is 5.75. The van der Waals surface area contributed by atoms with Crippen LogP contribution in [-0.4, -0.2) is 45.3 Å². The molecule has 0 radical (unpaired) electrons. The topological polar surface area (TPSA) is 33.7 Å². The second-order valence-electron chi connectivity index (χ2n) is 5.15. The Bertz CT molecular complexity index is 425. The van der Waals surface area contributed by atoms with E-state index in [4.69, 9.17) is 9.47 Å². The first-order valence-electron chi connectivity index (χ1n) is 7.51. The van der Waals surface area contributed by atoms with E-state index < -0.39 is 0 Å². The number of halogens is 1. The fourth-order valence-corrected chi connectivity index (χ4v) is 2.29. The molecule has 1 rings (SSSR count). The highest BCUT2D eigenvalue weighted by molar-refractivity contribution is 9.10. The third kappa shape index (κ3) is 6.68. The molecule has 4 nitrogen and oxygen atoms in total. The van der Waals surface area contributed by atoms with Crippen LogP contribution in [0, 0.1) is 0 Å². The summed E-state index contributed by atoms with van der Waals surface area (Å²) in [6, 6.07) is 4.06. The largest absolute Gasteiger partial charge is 0.490 e. The van der Waals surface area contributed by atoms with Crippen LogP contribution in [0.25, 0.3) is 0 Å². The summed E-state index contributed by atoms with van der Waals surface area (Å²) in [6.07, 6.45) is 0.983. The van der Waals surface area contributed by atoms with Crippen LogP contribution in [0.1, 0.15) is 25.8 Å². The lowest BCUT2D eigenvalue weighted by Gasteiger charge is -2.15. The summed E-state index contributed by atoms with van der Waals surface area (Å²) in [7, 11) is 4.15. The molecule has 0 saturated carbocycles. The van der Waals surface area contributed by atoms with Crippen LogP contribution in [0.3, 0.4) is 0 Å². The number of nitrogens with one attached hydrogen (secondary N) is 1. The number of ether oxygens (including phenoxy) is 2. The lowest BCUT2D eigenvalue weighted by Crippen LogP contribution is -2.26. The molecule has 0 unspecified atom stereocenters. The van der Waals surface area contributed by atoms with E-state index in [0.29, 0.717) is 13.2 Å². The van der Waals surface area contributed by atoms with Crippen LogP contribution < -0.4 is 14.8 Å². The molecule has 0 amide bonds. The Morgan fingerprint density at radius 3 is 2.48 bits per heavy atom. The van der Waals surface area contributed by atoms with Gasteiger partial charge in [-0.05, 0) is 45.1 Å². The van der Waals surface area contributed by atoms with Gasteiger partial charge in [-0.1, -0.05) is 22.9 Å². The average Bonchev–Trinajstić information content (AvgIpc) is 2.44. The molecule has 0 spiro atoms. The summed E-state index contributed by atoms with van der Waals surface area (Å²) >= 11 is 3.62. The Morgan fingerprint density at radius 1 is 1.14 bits per heavy atom. The Balaban J connectivity index is 2.73. The second-order valence-corrected chi connectivity index (χ2v) is 6.01. The highest BCUT2D eigenvalue weighted by Gasteiger charge is 2.10. The van der Waals surface area contributed by atoms with Crippen LogP contribution in [0.5, 0.6) is 11.5 Å². The molecular weight excluding hydrogens is 332 g/mol. The number of likely N-dealkylation sites (N-methyl/N-ethyl adjacent to an activating group) is 1. The zero-order chi connectivity index (χ0) is 15.7. The minimum absolute atomic E-state index is 0.637. The lowest BCUT2D eigenvalue weighted by atomic mass is 10.2. The minimum Gasteiger partial charge on any atom is -0.490 e. The van der Waals surface area contributed by atoms with Gasteiger partial charge in [0.25, 0.3) is 0 Å². The van der Waals surface area contributed by atoms with Crippen molar-refractivity contribution in [3.05, 3.63) is 22.2 Å². The van der Waals surface area contributed by atoms with Crippen molar-refractivity contribution in [3.8, 4) is 11.5 Å². The number of benzene rings is 1. The maximum atomic E-state index is 5.75. The summed E-state index contributed by atoms with van der Waals surface area (Å²) in [5.41, 5.74) is 1.18. The Labute approximate surface area is 136 Å². The maximum Gasteiger partial charge on any atom is 0.162 e. The van der Waals surface area contributed by atoms with Gasteiger partial charge in [-0.3, -0.25) is 0 Å². The molecule has 0 heterocycles. The van der Waals surface area contributed by atoms with E-state index in [2.05, 4.69) is 53.2 Å². The van der Waals surface area contributed by atoms with E-state index in [-0.39, 0.29) is 0 Å². The van der Waals surface area contributed by atoms with Gasteiger partial charge < -0.3 is 19.7 Å². The third-order valence-corrected chi connectivity index (χ3v) is 3.66. The molecule has 21 heavy (non-hydrogen) atoms. The molecule has 0 atom stereocenters. The van der Waals surface area contributed by atoms with Crippen LogP contribution in [-0.2, 0) is 6.54 Å². The van der Waals surface area contributed by atoms with Gasteiger partial charge in [0.1, 0.15) is 0 Å². The van der Waals surface area contributed by atoms with Gasteiger partial charge in [0, 0.05) is 24.1 Å². The molecule has 5 heteroatoms. The molecule has 0 aliphatic heterocycles. The standard InChI is InChI=1S/C16H27BrN2O2/c1-5-9-21-16-11-14(17)13(10-15(16)20-6-2)12-18-7-8-19(3)4/h10-11,18H,5-9,12H2,1-4H3. The first-order chi connectivity index (χ1) is 10.1. The molecule has 120 valence electrons. The van der Waals surface area contributed by atoms with Crippen LogP contribution >= 0.6 is 15.9 Å². The molecule has 0 aromatic heterocycles. The van der Waals surface area contributed by atoms with Gasteiger partial charge in [-0.2, -0.15) is 0 Å². The highest BCUT2D eigenvalue weighted by Crippen LogP contribution is 2.34. The van der Waals surface area contributed by atoms with E-state index in [1.807, 2.05) is 13.0 Å². The number of rotatable bonds is 10. The first kappa shape index (κ1) is 18.3. The van der Waals surface area contributed by atoms with Gasteiger partial charge >= 0.3 is 0 Å². The van der Waals surface area contributed by atoms with Gasteiger partial charge in [0.2, 0.25) is 0 Å². The van der Waals surface area contributed by atoms with Crippen molar-refractivity contribution in [1.82, 2.24) is 10.2 Å². The average molecular weight is 359 g/mol. The SMILES string of the molecule is CCCOc1cc(Br)c(CNCCN(C)C)cc1OCC. The van der Waals surface area contributed by atoms with Crippen molar-refractivity contribution >= 4 is 15.9 Å². The van der Waals surface area contributed by atoms with Crippen molar-refractivity contribution in [3.63, 3.8) is 0 Å². The van der Waals surface area contributed by atoms with Crippen LogP contribution in [0.15, 0.2) is 16.6 Å². The molecule has 1 N–H and O–H groups in total. The van der Waals surface area contributed by atoms with Crippen LogP contribution in [0.2, 0.25) is 0 Å². The van der Waals surface area contributed by atoms with Gasteiger partial charge in [0.15, 0.2) is 11.5 Å². The zero-order valence-corrected chi connectivity index (χ0v) is 15.1. The Hall–Kier alpha value is -0.780. The predicted molar refractivity (Wildman–Crippen MR) is 91.4 cm³/mol. The van der Waals surface area contributed by atoms with Gasteiger partial charge in [-0.25, -0.2) is 0 Å². The summed E-state index contributed by atoms with van der Waals surface area (Å²) in [6.45, 7) is 8.21. The summed E-state index contributed by atoms with van der Waals surface area (Å²) in [5.74, 6) is 1.63. The lowest BCUT2D eigenvalue weighted by molar-refractivity contribution is 0.276. The molecule has 0 fully saturated rings. The third-order valence-electron chi connectivity index (χ3n) is 2.93. The van der Waals surface area contributed by atoms with E-state index in [1.165, 1.54) is 5.56 Å². The molecule has 1 aromatic carbocycles. The van der Waals surface area contributed by atoms with Crippen LogP contribution in [0.4, 0.5) is 0 Å². The van der Waals surface area contributed by atoms with Crippen molar-refractivity contribution in [2.24, 2.45) is 0 Å². The first-order valence-corrected chi connectivity index (χ1v) is 8.31. The minimum atomic E-state index is 0.637. The molecular formula is C16H27BrN2O2. The van der Waals surface area contributed by atoms with E-state index >= 15 is 0 Å². The van der Waals surface area contributed by atoms with E-state index in [9.17, 15) is 0 Å². The summed E-state index contributed by atoms with van der Waals surface area (Å²) < 4.78 is 12.5. The van der Waals surface area contributed by atoms with Crippen molar-refractivity contribution in [1.29, 1.82) is 0 Å². The highest BCUT2D eigenvalue weighted by atomic mass is 79.9. The number of hydrogen-bond donors (Lipinski definition) is 1. The second kappa shape index (κ2) is 10.0. The predicted octanol–water partition coefficient (Wildman–Crippen LogP) is 3.29. The summed E-state index contributed by atoms with van der Waals surface area (Å²) in [5, 5.41) is 3.44. The Morgan fingerprint density at radius 2 is 1.86 bits per heavy atom. The molecule has 0 aliphatic rings. The zero-order valence-electron chi connectivity index (χ0n) is 13.5. The Kier molecular flexibility index (Phi) is 8.73. The van der Waals surface area contributed by atoms with Crippen molar-refractivity contribution < 1.29 is 9.47 Å². The molecule has 1 aromatic rings. The van der Waals surface area contributed by atoms with Gasteiger partial charge in [-0.15, -0.1) is 0 Å². The van der Waals surface area contributed by atoms with Gasteiger partial charge in [0.05, 0.1) is 13.2 Å². The monoisotopic (exact) mass is 358 g/mol. The van der Waals surface area contributed by atoms with Crippen molar-refractivity contribution in [2.45, 2.75) is 26.8 Å². The van der Waals surface area contributed by atoms with E-state index in [1.54, 1.807) is 0 Å². The molecule has 0 saturated heterocycles.